The zero-order valence-electron chi connectivity index (χ0n) is 43.9. The number of fused-ring (bicyclic) bond motifs is 12. The van der Waals surface area contributed by atoms with E-state index >= 15 is 0 Å². The molecule has 0 aliphatic heterocycles. The number of para-hydroxylation sites is 2. The van der Waals surface area contributed by atoms with Gasteiger partial charge in [0.1, 0.15) is 11.2 Å². The zero-order chi connectivity index (χ0) is 52.4. The highest BCUT2D eigenvalue weighted by atomic mass is 16.3. The van der Waals surface area contributed by atoms with Gasteiger partial charge in [-0.1, -0.05) is 214 Å². The molecule has 0 bridgehead atoms. The van der Waals surface area contributed by atoms with Gasteiger partial charge in [0.2, 0.25) is 0 Å². The van der Waals surface area contributed by atoms with Crippen molar-refractivity contribution in [1.29, 1.82) is 0 Å². The Morgan fingerprint density at radius 1 is 0.354 bits per heavy atom. The SMILES string of the molecule is CC1(C)c2ccccc2-c2c(N(c3ccc(-c4ccc5c(c4)C(c4ccccc4)(c4ccccc4)c4ccccc4-5)cc3)c3cccc4oc5ccc(-c6ccc7c(c6)c6ccccc6n7-c6ccccc6)cc5c34)cccc21. The molecule has 2 heterocycles. The van der Waals surface area contributed by atoms with Crippen molar-refractivity contribution in [3.8, 4) is 50.2 Å². The van der Waals surface area contributed by atoms with Crippen LogP contribution in [-0.2, 0) is 10.8 Å². The van der Waals surface area contributed by atoms with Gasteiger partial charge in [0.05, 0.1) is 33.2 Å². The van der Waals surface area contributed by atoms with Gasteiger partial charge in [0.25, 0.3) is 0 Å². The molecular formula is C76H52N2O. The van der Waals surface area contributed by atoms with Crippen LogP contribution >= 0.6 is 0 Å². The van der Waals surface area contributed by atoms with Crippen LogP contribution in [0.3, 0.4) is 0 Å². The first kappa shape index (κ1) is 45.3. The van der Waals surface area contributed by atoms with Crippen molar-refractivity contribution >= 4 is 60.8 Å². The maximum atomic E-state index is 6.86. The molecule has 2 aromatic heterocycles. The van der Waals surface area contributed by atoms with E-state index in [0.29, 0.717) is 0 Å². The van der Waals surface area contributed by atoms with Gasteiger partial charge in [-0.2, -0.15) is 0 Å². The Morgan fingerprint density at radius 3 is 1.68 bits per heavy atom. The fourth-order valence-corrected chi connectivity index (χ4v) is 13.9. The second-order valence-electron chi connectivity index (χ2n) is 21.9. The number of aromatic nitrogens is 1. The smallest absolute Gasteiger partial charge is 0.137 e. The molecule has 0 radical (unpaired) electrons. The highest BCUT2D eigenvalue weighted by Crippen LogP contribution is 2.58. The van der Waals surface area contributed by atoms with Crippen LogP contribution in [0.5, 0.6) is 0 Å². The summed E-state index contributed by atoms with van der Waals surface area (Å²) in [4.78, 5) is 2.49. The number of nitrogens with zero attached hydrogens (tertiary/aromatic N) is 2. The van der Waals surface area contributed by atoms with Gasteiger partial charge < -0.3 is 13.9 Å². The molecule has 12 aromatic carbocycles. The molecule has 0 N–H and O–H groups in total. The average molecular weight is 1010 g/mol. The zero-order valence-corrected chi connectivity index (χ0v) is 43.9. The lowest BCUT2D eigenvalue weighted by Gasteiger charge is -2.34. The van der Waals surface area contributed by atoms with Crippen molar-refractivity contribution in [2.45, 2.75) is 24.7 Å². The van der Waals surface area contributed by atoms with Crippen LogP contribution in [0.25, 0.3) is 93.9 Å². The highest BCUT2D eigenvalue weighted by Gasteiger charge is 2.46. The van der Waals surface area contributed by atoms with Gasteiger partial charge in [-0.25, -0.2) is 0 Å². The number of rotatable bonds is 8. The number of hydrogen-bond donors (Lipinski definition) is 0. The van der Waals surface area contributed by atoms with E-state index in [1.165, 1.54) is 83.0 Å². The van der Waals surface area contributed by atoms with Crippen LogP contribution in [0.4, 0.5) is 17.1 Å². The minimum atomic E-state index is -0.486. The van der Waals surface area contributed by atoms with E-state index in [-0.39, 0.29) is 5.41 Å². The summed E-state index contributed by atoms with van der Waals surface area (Å²) >= 11 is 0. The Hall–Kier alpha value is -9.96. The first-order valence-corrected chi connectivity index (χ1v) is 27.5. The lowest BCUT2D eigenvalue weighted by Crippen LogP contribution is -2.28. The summed E-state index contributed by atoms with van der Waals surface area (Å²) in [6, 6.07) is 103. The Kier molecular flexibility index (Phi) is 9.90. The fraction of sp³-hybridized carbons (Fsp3) is 0.0526. The minimum Gasteiger partial charge on any atom is -0.456 e. The predicted octanol–water partition coefficient (Wildman–Crippen LogP) is 20.2. The highest BCUT2D eigenvalue weighted by molar-refractivity contribution is 6.16. The Morgan fingerprint density at radius 2 is 0.911 bits per heavy atom. The third-order valence-electron chi connectivity index (χ3n) is 17.5. The van der Waals surface area contributed by atoms with Gasteiger partial charge in [-0.05, 0) is 151 Å². The van der Waals surface area contributed by atoms with Crippen LogP contribution in [0.1, 0.15) is 47.2 Å². The van der Waals surface area contributed by atoms with Crippen molar-refractivity contribution in [3.05, 3.63) is 312 Å². The molecule has 16 rings (SSSR count). The van der Waals surface area contributed by atoms with Crippen LogP contribution in [0.2, 0.25) is 0 Å². The van der Waals surface area contributed by atoms with Crippen molar-refractivity contribution in [2.75, 3.05) is 4.90 Å². The summed E-state index contributed by atoms with van der Waals surface area (Å²) in [5.74, 6) is 0. The summed E-state index contributed by atoms with van der Waals surface area (Å²) in [5.41, 5.74) is 25.3. The van der Waals surface area contributed by atoms with Gasteiger partial charge in [-0.3, -0.25) is 0 Å². The molecule has 372 valence electrons. The van der Waals surface area contributed by atoms with E-state index in [1.807, 2.05) is 0 Å². The molecule has 3 nitrogen and oxygen atoms in total. The lowest BCUT2D eigenvalue weighted by molar-refractivity contribution is 0.660. The molecule has 0 spiro atoms. The third kappa shape index (κ3) is 6.60. The molecule has 0 fully saturated rings. The summed E-state index contributed by atoms with van der Waals surface area (Å²) in [5, 5.41) is 4.60. The van der Waals surface area contributed by atoms with E-state index in [4.69, 9.17) is 4.42 Å². The largest absolute Gasteiger partial charge is 0.456 e. The predicted molar refractivity (Wildman–Crippen MR) is 328 cm³/mol. The molecule has 0 amide bonds. The summed E-state index contributed by atoms with van der Waals surface area (Å²) in [6.07, 6.45) is 0. The van der Waals surface area contributed by atoms with Crippen molar-refractivity contribution < 1.29 is 4.42 Å². The van der Waals surface area contributed by atoms with E-state index in [1.54, 1.807) is 0 Å². The van der Waals surface area contributed by atoms with Crippen LogP contribution in [-0.4, -0.2) is 4.57 Å². The molecule has 3 heteroatoms. The van der Waals surface area contributed by atoms with Crippen LogP contribution in [0.15, 0.2) is 283 Å². The third-order valence-corrected chi connectivity index (χ3v) is 17.5. The molecule has 0 unspecified atom stereocenters. The lowest BCUT2D eigenvalue weighted by atomic mass is 9.67. The van der Waals surface area contributed by atoms with Gasteiger partial charge >= 0.3 is 0 Å². The molecular weight excluding hydrogens is 957 g/mol. The van der Waals surface area contributed by atoms with E-state index in [9.17, 15) is 0 Å². The molecule has 0 saturated heterocycles. The van der Waals surface area contributed by atoms with E-state index in [0.717, 1.165) is 61.4 Å². The van der Waals surface area contributed by atoms with Gasteiger partial charge in [0.15, 0.2) is 0 Å². The van der Waals surface area contributed by atoms with Crippen molar-refractivity contribution in [1.82, 2.24) is 4.57 Å². The van der Waals surface area contributed by atoms with Crippen molar-refractivity contribution in [3.63, 3.8) is 0 Å². The number of benzene rings is 12. The first-order chi connectivity index (χ1) is 38.9. The van der Waals surface area contributed by atoms with Gasteiger partial charge in [0, 0.05) is 38.5 Å². The maximum Gasteiger partial charge on any atom is 0.137 e. The molecule has 79 heavy (non-hydrogen) atoms. The molecule has 0 saturated carbocycles. The Balaban J connectivity index is 0.873. The molecule has 14 aromatic rings. The molecule has 0 atom stereocenters. The van der Waals surface area contributed by atoms with E-state index < -0.39 is 5.41 Å². The quantitative estimate of drug-likeness (QED) is 0.151. The Labute approximate surface area is 459 Å². The second kappa shape index (κ2) is 17.3. The monoisotopic (exact) mass is 1010 g/mol. The number of anilines is 3. The van der Waals surface area contributed by atoms with Crippen molar-refractivity contribution in [2.24, 2.45) is 0 Å². The fourth-order valence-electron chi connectivity index (χ4n) is 13.9. The standard InChI is InChI=1S/C76H52N2O/c1-75(2)63-29-15-13-28-60(63)73-65(75)31-18-33-69(73)78(56-41-36-49(37-42-56)52-38-43-58-57-26-12-16-30-64(57)76(66(58)48-52,53-20-6-3-7-21-53)54-22-8-4-9-23-54)70-34-19-35-72-74(70)62-47-51(40-45-71(62)79-72)50-39-44-68-61(46-50)59-27-14-17-32-67(59)77(68)55-24-10-5-11-25-55/h3-48H,1-2H3. The Bertz CT molecular complexity index is 4700. The molecule has 2 aliphatic rings. The summed E-state index contributed by atoms with van der Waals surface area (Å²) < 4.78 is 9.23. The molecule has 2 aliphatic carbocycles. The topological polar surface area (TPSA) is 21.3 Å². The summed E-state index contributed by atoms with van der Waals surface area (Å²) in [7, 11) is 0. The number of furan rings is 1. The van der Waals surface area contributed by atoms with Gasteiger partial charge in [-0.15, -0.1) is 0 Å². The normalized spacial score (nSPS) is 13.6. The summed E-state index contributed by atoms with van der Waals surface area (Å²) in [6.45, 7) is 4.73. The van der Waals surface area contributed by atoms with Crippen LogP contribution < -0.4 is 4.90 Å². The second-order valence-corrected chi connectivity index (χ2v) is 21.9. The van der Waals surface area contributed by atoms with E-state index in [2.05, 4.69) is 302 Å². The average Bonchev–Trinajstić information content (AvgIpc) is 4.34. The van der Waals surface area contributed by atoms with Crippen LogP contribution in [0, 0.1) is 0 Å². The number of hydrogen-bond acceptors (Lipinski definition) is 2. The first-order valence-electron chi connectivity index (χ1n) is 27.5. The maximum absolute atomic E-state index is 6.86. The minimum absolute atomic E-state index is 0.183.